The molecule has 1 unspecified atom stereocenters. The zero-order chi connectivity index (χ0) is 26.0. The average molecular weight is 510 g/mol. The second-order valence-corrected chi connectivity index (χ2v) is 9.82. The van der Waals surface area contributed by atoms with Crippen molar-refractivity contribution in [1.29, 1.82) is 0 Å². The SMILES string of the molecule is CC[C@@H](C)OC(=O)C1C(C)=NC2=C(C(=O)C[C@H](c3ccc(Cl)cc3)C2)[C@@H]1c1cccc(OC)c1OC. The summed E-state index contributed by atoms with van der Waals surface area (Å²) in [5.74, 6) is -0.716. The number of benzene rings is 2. The number of aliphatic imine (C=N–C) groups is 1. The number of ketones is 1. The molecular weight excluding hydrogens is 478 g/mol. The Labute approximate surface area is 217 Å². The van der Waals surface area contributed by atoms with Crippen LogP contribution in [0.15, 0.2) is 58.7 Å². The number of ether oxygens (including phenoxy) is 3. The molecule has 2 aromatic rings. The van der Waals surface area contributed by atoms with Crippen LogP contribution in [0.5, 0.6) is 11.5 Å². The molecule has 0 saturated heterocycles. The van der Waals surface area contributed by atoms with Gasteiger partial charge in [0.25, 0.3) is 0 Å². The van der Waals surface area contributed by atoms with Crippen molar-refractivity contribution in [1.82, 2.24) is 0 Å². The Balaban J connectivity index is 1.85. The van der Waals surface area contributed by atoms with E-state index in [0.29, 0.717) is 58.3 Å². The number of esters is 1. The number of carbonyl (C=O) groups excluding carboxylic acids is 2. The molecule has 0 amide bonds. The molecule has 0 bridgehead atoms. The monoisotopic (exact) mass is 509 g/mol. The first-order valence-electron chi connectivity index (χ1n) is 12.3. The van der Waals surface area contributed by atoms with E-state index in [9.17, 15) is 9.59 Å². The Morgan fingerprint density at radius 1 is 1.11 bits per heavy atom. The number of hydrogen-bond donors (Lipinski definition) is 0. The van der Waals surface area contributed by atoms with Gasteiger partial charge in [-0.2, -0.15) is 0 Å². The van der Waals surface area contributed by atoms with Gasteiger partial charge in [0.15, 0.2) is 17.3 Å². The van der Waals surface area contributed by atoms with Crippen molar-refractivity contribution in [3.63, 3.8) is 0 Å². The summed E-state index contributed by atoms with van der Waals surface area (Å²) in [6.07, 6.45) is 1.36. The van der Waals surface area contributed by atoms with Gasteiger partial charge < -0.3 is 14.2 Å². The molecule has 36 heavy (non-hydrogen) atoms. The van der Waals surface area contributed by atoms with Gasteiger partial charge in [-0.15, -0.1) is 0 Å². The van der Waals surface area contributed by atoms with Crippen molar-refractivity contribution in [3.05, 3.63) is 69.9 Å². The largest absolute Gasteiger partial charge is 0.493 e. The summed E-state index contributed by atoms with van der Waals surface area (Å²) in [5.41, 5.74) is 3.65. The van der Waals surface area contributed by atoms with Crippen LogP contribution in [-0.2, 0) is 14.3 Å². The van der Waals surface area contributed by atoms with Crippen molar-refractivity contribution in [2.24, 2.45) is 10.9 Å². The van der Waals surface area contributed by atoms with E-state index in [1.54, 1.807) is 20.3 Å². The lowest BCUT2D eigenvalue weighted by Crippen LogP contribution is -2.39. The minimum absolute atomic E-state index is 0.0125. The number of halogens is 1. The van der Waals surface area contributed by atoms with Gasteiger partial charge >= 0.3 is 5.97 Å². The van der Waals surface area contributed by atoms with Gasteiger partial charge in [0.1, 0.15) is 5.92 Å². The van der Waals surface area contributed by atoms with Crippen LogP contribution in [0.1, 0.15) is 63.0 Å². The van der Waals surface area contributed by atoms with Gasteiger partial charge in [-0.1, -0.05) is 42.8 Å². The minimum Gasteiger partial charge on any atom is -0.493 e. The third-order valence-electron chi connectivity index (χ3n) is 7.14. The van der Waals surface area contributed by atoms with E-state index >= 15 is 0 Å². The highest BCUT2D eigenvalue weighted by Gasteiger charge is 2.46. The van der Waals surface area contributed by atoms with Crippen molar-refractivity contribution in [3.8, 4) is 11.5 Å². The fraction of sp³-hybridized carbons (Fsp3) is 0.414. The maximum atomic E-state index is 13.8. The number of methoxy groups -OCH3 is 2. The summed E-state index contributed by atoms with van der Waals surface area (Å²) in [6.45, 7) is 5.66. The predicted molar refractivity (Wildman–Crippen MR) is 140 cm³/mol. The Morgan fingerprint density at radius 2 is 1.83 bits per heavy atom. The molecular formula is C29H32ClNO5. The van der Waals surface area contributed by atoms with Crippen LogP contribution in [0.2, 0.25) is 5.02 Å². The van der Waals surface area contributed by atoms with Crippen LogP contribution in [0.3, 0.4) is 0 Å². The highest BCUT2D eigenvalue weighted by atomic mass is 35.5. The smallest absolute Gasteiger partial charge is 0.315 e. The Hall–Kier alpha value is -3.12. The Bertz CT molecular complexity index is 1220. The lowest BCUT2D eigenvalue weighted by molar-refractivity contribution is -0.151. The second-order valence-electron chi connectivity index (χ2n) is 9.39. The van der Waals surface area contributed by atoms with Crippen LogP contribution in [0, 0.1) is 5.92 Å². The first-order valence-corrected chi connectivity index (χ1v) is 12.6. The molecule has 1 aliphatic carbocycles. The molecule has 6 nitrogen and oxygen atoms in total. The zero-order valence-electron chi connectivity index (χ0n) is 21.3. The van der Waals surface area contributed by atoms with Crippen molar-refractivity contribution in [2.45, 2.75) is 58.0 Å². The number of Topliss-reactive ketones (excluding diaryl/α,β-unsaturated/α-hetero) is 1. The van der Waals surface area contributed by atoms with E-state index in [4.69, 9.17) is 30.8 Å². The fourth-order valence-electron chi connectivity index (χ4n) is 5.18. The minimum atomic E-state index is -0.741. The molecule has 0 N–H and O–H groups in total. The summed E-state index contributed by atoms with van der Waals surface area (Å²) in [7, 11) is 3.13. The summed E-state index contributed by atoms with van der Waals surface area (Å²) >= 11 is 6.08. The molecule has 0 fully saturated rings. The number of para-hydroxylation sites is 1. The van der Waals surface area contributed by atoms with Gasteiger partial charge in [-0.05, 0) is 56.4 Å². The van der Waals surface area contributed by atoms with Crippen molar-refractivity contribution >= 4 is 29.1 Å². The van der Waals surface area contributed by atoms with Crippen molar-refractivity contribution < 1.29 is 23.8 Å². The molecule has 0 saturated carbocycles. The van der Waals surface area contributed by atoms with Gasteiger partial charge in [-0.3, -0.25) is 14.6 Å². The maximum absolute atomic E-state index is 13.8. The number of carbonyl (C=O) groups is 2. The predicted octanol–water partition coefficient (Wildman–Crippen LogP) is 6.27. The lowest BCUT2D eigenvalue weighted by Gasteiger charge is -2.37. The normalized spacial score (nSPS) is 22.4. The lowest BCUT2D eigenvalue weighted by atomic mass is 9.69. The summed E-state index contributed by atoms with van der Waals surface area (Å²) in [5, 5.41) is 0.653. The summed E-state index contributed by atoms with van der Waals surface area (Å²) in [4.78, 5) is 32.1. The molecule has 1 heterocycles. The van der Waals surface area contributed by atoms with Gasteiger partial charge in [-0.25, -0.2) is 0 Å². The van der Waals surface area contributed by atoms with Gasteiger partial charge in [0.2, 0.25) is 0 Å². The third kappa shape index (κ3) is 4.92. The van der Waals surface area contributed by atoms with Crippen LogP contribution >= 0.6 is 11.6 Å². The molecule has 0 aromatic heterocycles. The Morgan fingerprint density at radius 3 is 2.47 bits per heavy atom. The average Bonchev–Trinajstić information content (AvgIpc) is 2.87. The first kappa shape index (κ1) is 26.0. The summed E-state index contributed by atoms with van der Waals surface area (Å²) < 4.78 is 17.0. The number of allylic oxidation sites excluding steroid dienone is 2. The maximum Gasteiger partial charge on any atom is 0.315 e. The van der Waals surface area contributed by atoms with Crippen LogP contribution < -0.4 is 9.47 Å². The Kier molecular flexibility index (Phi) is 7.84. The van der Waals surface area contributed by atoms with E-state index in [0.717, 1.165) is 5.56 Å². The van der Waals surface area contributed by atoms with Crippen LogP contribution in [0.25, 0.3) is 0 Å². The van der Waals surface area contributed by atoms with Gasteiger partial charge in [0.05, 0.1) is 20.3 Å². The van der Waals surface area contributed by atoms with Crippen LogP contribution in [-0.4, -0.2) is 37.8 Å². The third-order valence-corrected chi connectivity index (χ3v) is 7.40. The fourth-order valence-corrected chi connectivity index (χ4v) is 5.31. The molecule has 7 heteroatoms. The molecule has 190 valence electrons. The van der Waals surface area contributed by atoms with E-state index in [-0.39, 0.29) is 23.8 Å². The zero-order valence-corrected chi connectivity index (χ0v) is 22.1. The highest BCUT2D eigenvalue weighted by Crippen LogP contribution is 2.50. The van der Waals surface area contributed by atoms with Crippen LogP contribution in [0.4, 0.5) is 0 Å². The van der Waals surface area contributed by atoms with E-state index in [1.165, 1.54) is 0 Å². The molecule has 0 radical (unpaired) electrons. The van der Waals surface area contributed by atoms with E-state index in [2.05, 4.69) is 0 Å². The molecule has 4 rings (SSSR count). The topological polar surface area (TPSA) is 74.2 Å². The molecule has 0 spiro atoms. The number of hydrogen-bond acceptors (Lipinski definition) is 6. The quantitative estimate of drug-likeness (QED) is 0.411. The van der Waals surface area contributed by atoms with E-state index < -0.39 is 11.8 Å². The molecule has 2 aromatic carbocycles. The summed E-state index contributed by atoms with van der Waals surface area (Å²) in [6, 6.07) is 13.1. The first-order chi connectivity index (χ1) is 17.3. The van der Waals surface area contributed by atoms with E-state index in [1.807, 2.05) is 57.2 Å². The highest BCUT2D eigenvalue weighted by molar-refractivity contribution is 6.30. The van der Waals surface area contributed by atoms with Gasteiger partial charge in [0, 0.05) is 39.9 Å². The van der Waals surface area contributed by atoms with Crippen molar-refractivity contribution in [2.75, 3.05) is 14.2 Å². The second kappa shape index (κ2) is 10.9. The molecule has 1 aliphatic heterocycles. The molecule has 2 aliphatic rings. The standard InChI is InChI=1S/C29H32ClNO5/c1-6-16(2)36-29(33)25-17(3)31-22-14-19(18-10-12-20(30)13-11-18)15-23(32)27(22)26(25)21-8-7-9-24(34-4)28(21)35-5/h7-13,16,19,25-26H,6,14-15H2,1-5H3/t16-,19-,25?,26-/m1/s1. The number of nitrogens with zero attached hydrogens (tertiary/aromatic N) is 1. The number of rotatable bonds is 7. The molecule has 4 atom stereocenters.